The van der Waals surface area contributed by atoms with Gasteiger partial charge in [0.1, 0.15) is 17.8 Å². The number of hydrogen-bond acceptors (Lipinski definition) is 6. The average Bonchev–Trinajstić information content (AvgIpc) is 3.71. The molecule has 0 saturated carbocycles. The summed E-state index contributed by atoms with van der Waals surface area (Å²) in [5.74, 6) is 0.807. The van der Waals surface area contributed by atoms with Crippen molar-refractivity contribution in [1.82, 2.24) is 39.7 Å². The van der Waals surface area contributed by atoms with Crippen molar-refractivity contribution in [1.29, 1.82) is 0 Å². The van der Waals surface area contributed by atoms with Crippen LogP contribution in [-0.2, 0) is 0 Å². The molecule has 0 bridgehead atoms. The number of imidazole rings is 1. The summed E-state index contributed by atoms with van der Waals surface area (Å²) < 4.78 is 1.93. The molecule has 9 heteroatoms. The molecular formula is C30H23N9. The molecule has 0 saturated heterocycles. The Hall–Kier alpha value is -5.57. The highest BCUT2D eigenvalue weighted by Gasteiger charge is 2.16. The van der Waals surface area contributed by atoms with Gasteiger partial charge in [0.15, 0.2) is 5.65 Å². The lowest BCUT2D eigenvalue weighted by Crippen LogP contribution is -1.98. The molecule has 9 nitrogen and oxygen atoms in total. The first-order valence-electron chi connectivity index (χ1n) is 12.4. The molecule has 1 aromatic carbocycles. The highest BCUT2D eigenvalue weighted by atomic mass is 15.2. The van der Waals surface area contributed by atoms with Gasteiger partial charge in [-0.15, -0.1) is 0 Å². The number of aromatic nitrogens is 8. The topological polar surface area (TPSA) is 113 Å². The van der Waals surface area contributed by atoms with Crippen LogP contribution in [-0.4, -0.2) is 39.7 Å². The average molecular weight is 510 g/mol. The molecule has 7 rings (SSSR count). The molecule has 39 heavy (non-hydrogen) atoms. The molecule has 0 unspecified atom stereocenters. The highest BCUT2D eigenvalue weighted by molar-refractivity contribution is 5.97. The Morgan fingerprint density at radius 3 is 2.64 bits per heavy atom. The SMILES string of the molecule is C=C(Nc1cncc(-c2cnc3[nH]nc(-c4cc5c(-n6cnc(C)c6)nccc5[nH]4)c3c2)c1)c1ccccc1. The Labute approximate surface area is 223 Å². The van der Waals surface area contributed by atoms with Crippen molar-refractivity contribution in [3.8, 4) is 28.3 Å². The van der Waals surface area contributed by atoms with E-state index in [-0.39, 0.29) is 0 Å². The van der Waals surface area contributed by atoms with Gasteiger partial charge in [0, 0.05) is 52.4 Å². The molecule has 0 aliphatic rings. The molecule has 6 aromatic heterocycles. The van der Waals surface area contributed by atoms with E-state index in [0.717, 1.165) is 67.3 Å². The zero-order valence-electron chi connectivity index (χ0n) is 21.1. The van der Waals surface area contributed by atoms with E-state index >= 15 is 0 Å². The summed E-state index contributed by atoms with van der Waals surface area (Å²) in [7, 11) is 0. The van der Waals surface area contributed by atoms with Gasteiger partial charge in [-0.25, -0.2) is 15.0 Å². The summed E-state index contributed by atoms with van der Waals surface area (Å²) in [6.45, 7) is 6.13. The minimum atomic E-state index is 0.704. The van der Waals surface area contributed by atoms with Gasteiger partial charge in [-0.2, -0.15) is 5.10 Å². The number of anilines is 1. The van der Waals surface area contributed by atoms with Crippen LogP contribution in [0.4, 0.5) is 5.69 Å². The molecule has 0 aliphatic carbocycles. The first-order valence-corrected chi connectivity index (χ1v) is 12.4. The second kappa shape index (κ2) is 9.07. The van der Waals surface area contributed by atoms with E-state index in [1.807, 2.05) is 72.5 Å². The van der Waals surface area contributed by atoms with Crippen molar-refractivity contribution in [2.24, 2.45) is 0 Å². The lowest BCUT2D eigenvalue weighted by molar-refractivity contribution is 1.01. The minimum Gasteiger partial charge on any atom is -0.354 e. The van der Waals surface area contributed by atoms with Crippen LogP contribution in [0, 0.1) is 6.92 Å². The van der Waals surface area contributed by atoms with Gasteiger partial charge in [-0.05, 0) is 36.8 Å². The fraction of sp³-hybridized carbons (Fsp3) is 0.0333. The Kier molecular flexibility index (Phi) is 5.26. The third kappa shape index (κ3) is 4.11. The second-order valence-electron chi connectivity index (χ2n) is 9.33. The first kappa shape index (κ1) is 22.6. The fourth-order valence-corrected chi connectivity index (χ4v) is 4.73. The Morgan fingerprint density at radius 1 is 0.923 bits per heavy atom. The molecule has 7 aromatic rings. The predicted molar refractivity (Wildman–Crippen MR) is 153 cm³/mol. The Bertz CT molecular complexity index is 1980. The van der Waals surface area contributed by atoms with E-state index in [2.05, 4.69) is 59.1 Å². The smallest absolute Gasteiger partial charge is 0.155 e. The van der Waals surface area contributed by atoms with E-state index in [4.69, 9.17) is 0 Å². The molecule has 6 heterocycles. The Morgan fingerprint density at radius 2 is 1.79 bits per heavy atom. The van der Waals surface area contributed by atoms with Gasteiger partial charge in [0.25, 0.3) is 0 Å². The number of nitrogens with one attached hydrogen (secondary N) is 3. The zero-order chi connectivity index (χ0) is 26.3. The van der Waals surface area contributed by atoms with Gasteiger partial charge >= 0.3 is 0 Å². The summed E-state index contributed by atoms with van der Waals surface area (Å²) in [4.78, 5) is 21.5. The van der Waals surface area contributed by atoms with Crippen LogP contribution in [0.25, 0.3) is 56.0 Å². The quantitative estimate of drug-likeness (QED) is 0.248. The van der Waals surface area contributed by atoms with Crippen LogP contribution in [0.2, 0.25) is 0 Å². The predicted octanol–water partition coefficient (Wildman–Crippen LogP) is 6.14. The first-order chi connectivity index (χ1) is 19.1. The van der Waals surface area contributed by atoms with Gasteiger partial charge in [-0.3, -0.25) is 14.6 Å². The number of aryl methyl sites for hydroxylation is 1. The van der Waals surface area contributed by atoms with Crippen LogP contribution in [0.3, 0.4) is 0 Å². The number of fused-ring (bicyclic) bond motifs is 2. The van der Waals surface area contributed by atoms with Gasteiger partial charge < -0.3 is 10.3 Å². The van der Waals surface area contributed by atoms with Crippen molar-refractivity contribution in [2.45, 2.75) is 6.92 Å². The van der Waals surface area contributed by atoms with Crippen LogP contribution in [0.1, 0.15) is 11.3 Å². The number of hydrogen-bond donors (Lipinski definition) is 3. The molecule has 0 spiro atoms. The maximum atomic E-state index is 4.64. The summed E-state index contributed by atoms with van der Waals surface area (Å²) in [5.41, 5.74) is 8.78. The second-order valence-corrected chi connectivity index (χ2v) is 9.33. The lowest BCUT2D eigenvalue weighted by Gasteiger charge is -2.11. The van der Waals surface area contributed by atoms with Gasteiger partial charge in [-0.1, -0.05) is 36.9 Å². The molecule has 0 aliphatic heterocycles. The van der Waals surface area contributed by atoms with Crippen molar-refractivity contribution in [3.63, 3.8) is 0 Å². The van der Waals surface area contributed by atoms with Gasteiger partial charge in [0.05, 0.1) is 28.8 Å². The number of H-pyrrole nitrogens is 2. The van der Waals surface area contributed by atoms with Gasteiger partial charge in [0.2, 0.25) is 0 Å². The molecular weight excluding hydrogens is 486 g/mol. The van der Waals surface area contributed by atoms with Crippen LogP contribution < -0.4 is 5.32 Å². The van der Waals surface area contributed by atoms with E-state index in [9.17, 15) is 0 Å². The third-order valence-electron chi connectivity index (χ3n) is 6.64. The standard InChI is InChI=1S/C30H23N9/c1-18-16-39(17-34-18)30-24-12-27(36-26(24)8-9-32-30)28-25-11-22(14-33-29(25)38-37-28)21-10-23(15-31-13-21)35-19(2)20-6-4-3-5-7-20/h3-17,35-36H,2H2,1H3,(H,33,37,38). The normalized spacial score (nSPS) is 11.3. The summed E-state index contributed by atoms with van der Waals surface area (Å²) in [5, 5.41) is 12.9. The molecule has 0 amide bonds. The number of pyridine rings is 3. The Balaban J connectivity index is 1.25. The van der Waals surface area contributed by atoms with E-state index in [0.29, 0.717) is 5.65 Å². The summed E-state index contributed by atoms with van der Waals surface area (Å²) in [6.07, 6.45) is 11.0. The lowest BCUT2D eigenvalue weighted by atomic mass is 10.1. The van der Waals surface area contributed by atoms with Crippen molar-refractivity contribution in [2.75, 3.05) is 5.32 Å². The van der Waals surface area contributed by atoms with Crippen LogP contribution >= 0.6 is 0 Å². The number of nitrogens with zero attached hydrogens (tertiary/aromatic N) is 6. The van der Waals surface area contributed by atoms with E-state index in [1.54, 1.807) is 18.7 Å². The maximum absolute atomic E-state index is 4.64. The third-order valence-corrected chi connectivity index (χ3v) is 6.64. The summed E-state index contributed by atoms with van der Waals surface area (Å²) >= 11 is 0. The number of rotatable bonds is 6. The van der Waals surface area contributed by atoms with Crippen molar-refractivity contribution in [3.05, 3.63) is 110 Å². The number of aromatic amines is 2. The van der Waals surface area contributed by atoms with Crippen LogP contribution in [0.15, 0.2) is 98.5 Å². The van der Waals surface area contributed by atoms with Crippen molar-refractivity contribution >= 4 is 33.3 Å². The monoisotopic (exact) mass is 509 g/mol. The molecule has 0 fully saturated rings. The minimum absolute atomic E-state index is 0.704. The molecule has 188 valence electrons. The van der Waals surface area contributed by atoms with Crippen LogP contribution in [0.5, 0.6) is 0 Å². The largest absolute Gasteiger partial charge is 0.354 e. The highest BCUT2D eigenvalue weighted by Crippen LogP contribution is 2.32. The van der Waals surface area contributed by atoms with E-state index in [1.165, 1.54) is 0 Å². The van der Waals surface area contributed by atoms with Crippen molar-refractivity contribution < 1.29 is 0 Å². The fourth-order valence-electron chi connectivity index (χ4n) is 4.73. The van der Waals surface area contributed by atoms with E-state index < -0.39 is 0 Å². The zero-order valence-corrected chi connectivity index (χ0v) is 21.1. The summed E-state index contributed by atoms with van der Waals surface area (Å²) in [6, 6.07) is 18.1. The number of benzene rings is 1. The maximum Gasteiger partial charge on any atom is 0.155 e. The molecule has 3 N–H and O–H groups in total. The molecule has 0 atom stereocenters. The molecule has 0 radical (unpaired) electrons.